The van der Waals surface area contributed by atoms with Crippen LogP contribution in [0, 0.1) is 0 Å². The normalized spacial score (nSPS) is 18.0. The molecule has 0 spiro atoms. The second kappa shape index (κ2) is 7.78. The summed E-state index contributed by atoms with van der Waals surface area (Å²) < 4.78 is 10.5. The van der Waals surface area contributed by atoms with Crippen molar-refractivity contribution in [1.29, 1.82) is 0 Å². The van der Waals surface area contributed by atoms with Gasteiger partial charge in [0.05, 0.1) is 12.2 Å². The van der Waals surface area contributed by atoms with Crippen molar-refractivity contribution in [3.63, 3.8) is 0 Å². The molecule has 1 aromatic carbocycles. The zero-order chi connectivity index (χ0) is 15.1. The number of hydrogen-bond acceptors (Lipinski definition) is 4. The molecule has 1 atom stereocenters. The van der Waals surface area contributed by atoms with E-state index in [0.717, 1.165) is 25.7 Å². The van der Waals surface area contributed by atoms with Crippen LogP contribution in [0.1, 0.15) is 43.0 Å². The highest BCUT2D eigenvalue weighted by Crippen LogP contribution is 2.16. The van der Waals surface area contributed by atoms with Crippen LogP contribution in [0.15, 0.2) is 24.3 Å². The number of ether oxygens (including phenoxy) is 2. The van der Waals surface area contributed by atoms with E-state index in [1.54, 1.807) is 24.3 Å². The van der Waals surface area contributed by atoms with Gasteiger partial charge in [0.2, 0.25) is 0 Å². The molecule has 5 nitrogen and oxygen atoms in total. The van der Waals surface area contributed by atoms with Crippen LogP contribution in [0.2, 0.25) is 0 Å². The molecule has 0 saturated carbocycles. The minimum Gasteiger partial charge on any atom is -0.462 e. The van der Waals surface area contributed by atoms with E-state index in [9.17, 15) is 9.59 Å². The van der Waals surface area contributed by atoms with Gasteiger partial charge >= 0.3 is 5.97 Å². The van der Waals surface area contributed by atoms with E-state index < -0.39 is 0 Å². The van der Waals surface area contributed by atoms with Crippen LogP contribution in [0.4, 0.5) is 5.69 Å². The Hall–Kier alpha value is -1.88. The van der Waals surface area contributed by atoms with Crippen LogP contribution in [0.5, 0.6) is 0 Å². The quantitative estimate of drug-likeness (QED) is 0.847. The predicted octanol–water partition coefficient (Wildman–Crippen LogP) is 2.76. The molecule has 1 heterocycles. The number of esters is 1. The zero-order valence-electron chi connectivity index (χ0n) is 12.3. The summed E-state index contributed by atoms with van der Waals surface area (Å²) in [6, 6.07) is 6.69. The van der Waals surface area contributed by atoms with Crippen molar-refractivity contribution >= 4 is 17.6 Å². The van der Waals surface area contributed by atoms with Crippen molar-refractivity contribution < 1.29 is 19.1 Å². The Labute approximate surface area is 124 Å². The SMILES string of the molecule is CCCOC(=O)c1ccc(NC(=O)C2CCCCO2)cc1. The van der Waals surface area contributed by atoms with Gasteiger partial charge in [0.15, 0.2) is 0 Å². The molecule has 0 bridgehead atoms. The Morgan fingerprint density at radius 2 is 2.05 bits per heavy atom. The molecular formula is C16H21NO4. The summed E-state index contributed by atoms with van der Waals surface area (Å²) in [7, 11) is 0. The first-order valence-corrected chi connectivity index (χ1v) is 7.40. The van der Waals surface area contributed by atoms with Gasteiger partial charge in [0.25, 0.3) is 5.91 Å². The molecule has 1 saturated heterocycles. The number of rotatable bonds is 5. The largest absolute Gasteiger partial charge is 0.462 e. The van der Waals surface area contributed by atoms with Crippen LogP contribution < -0.4 is 5.32 Å². The molecule has 1 fully saturated rings. The van der Waals surface area contributed by atoms with E-state index in [4.69, 9.17) is 9.47 Å². The Kier molecular flexibility index (Phi) is 5.75. The summed E-state index contributed by atoms with van der Waals surface area (Å²) in [5, 5.41) is 2.80. The minimum absolute atomic E-state index is 0.129. The fourth-order valence-electron chi connectivity index (χ4n) is 2.14. The van der Waals surface area contributed by atoms with Crippen LogP contribution in [-0.4, -0.2) is 31.2 Å². The zero-order valence-corrected chi connectivity index (χ0v) is 12.3. The van der Waals surface area contributed by atoms with E-state index in [-0.39, 0.29) is 18.0 Å². The Bertz CT molecular complexity index is 478. The third-order valence-corrected chi connectivity index (χ3v) is 3.30. The molecule has 1 unspecified atom stereocenters. The maximum absolute atomic E-state index is 12.0. The molecule has 1 N–H and O–H groups in total. The van der Waals surface area contributed by atoms with Gasteiger partial charge in [-0.3, -0.25) is 4.79 Å². The highest BCUT2D eigenvalue weighted by molar-refractivity contribution is 5.95. The molecule has 1 aliphatic rings. The first kappa shape index (κ1) is 15.5. The molecule has 1 amide bonds. The van der Waals surface area contributed by atoms with Gasteiger partial charge in [0, 0.05) is 12.3 Å². The number of amides is 1. The number of carbonyl (C=O) groups is 2. The summed E-state index contributed by atoms with van der Waals surface area (Å²) in [5.74, 6) is -0.471. The molecule has 1 aliphatic heterocycles. The van der Waals surface area contributed by atoms with Crippen molar-refractivity contribution in [2.45, 2.75) is 38.7 Å². The molecule has 5 heteroatoms. The fourth-order valence-corrected chi connectivity index (χ4v) is 2.14. The Morgan fingerprint density at radius 3 is 2.67 bits per heavy atom. The van der Waals surface area contributed by atoms with Crippen molar-refractivity contribution in [2.24, 2.45) is 0 Å². The molecule has 1 aromatic rings. The van der Waals surface area contributed by atoms with E-state index in [1.165, 1.54) is 0 Å². The van der Waals surface area contributed by atoms with Crippen LogP contribution in [0.3, 0.4) is 0 Å². The molecule has 0 radical (unpaired) electrons. The molecule has 114 valence electrons. The van der Waals surface area contributed by atoms with Gasteiger partial charge in [-0.2, -0.15) is 0 Å². The Balaban J connectivity index is 1.89. The molecular weight excluding hydrogens is 270 g/mol. The maximum atomic E-state index is 12.0. The second-order valence-electron chi connectivity index (χ2n) is 5.06. The average Bonchev–Trinajstić information content (AvgIpc) is 2.54. The van der Waals surface area contributed by atoms with Gasteiger partial charge in [-0.25, -0.2) is 4.79 Å². The highest BCUT2D eigenvalue weighted by Gasteiger charge is 2.21. The van der Waals surface area contributed by atoms with E-state index in [0.29, 0.717) is 24.5 Å². The third kappa shape index (κ3) is 4.56. The van der Waals surface area contributed by atoms with Crippen LogP contribution >= 0.6 is 0 Å². The van der Waals surface area contributed by atoms with Crippen molar-refractivity contribution in [2.75, 3.05) is 18.5 Å². The molecule has 0 aromatic heterocycles. The maximum Gasteiger partial charge on any atom is 0.338 e. The topological polar surface area (TPSA) is 64.6 Å². The van der Waals surface area contributed by atoms with Crippen molar-refractivity contribution in [3.05, 3.63) is 29.8 Å². The Morgan fingerprint density at radius 1 is 1.29 bits per heavy atom. The number of carbonyl (C=O) groups excluding carboxylic acids is 2. The van der Waals surface area contributed by atoms with Gasteiger partial charge in [-0.05, 0) is 49.9 Å². The fraction of sp³-hybridized carbons (Fsp3) is 0.500. The second-order valence-corrected chi connectivity index (χ2v) is 5.06. The van der Waals surface area contributed by atoms with Crippen molar-refractivity contribution in [1.82, 2.24) is 0 Å². The average molecular weight is 291 g/mol. The third-order valence-electron chi connectivity index (χ3n) is 3.30. The summed E-state index contributed by atoms with van der Waals surface area (Å²) in [6.45, 7) is 3.00. The van der Waals surface area contributed by atoms with E-state index in [2.05, 4.69) is 5.32 Å². The summed E-state index contributed by atoms with van der Waals surface area (Å²) >= 11 is 0. The van der Waals surface area contributed by atoms with E-state index in [1.807, 2.05) is 6.92 Å². The van der Waals surface area contributed by atoms with Gasteiger partial charge < -0.3 is 14.8 Å². The predicted molar refractivity (Wildman–Crippen MR) is 79.2 cm³/mol. The summed E-state index contributed by atoms with van der Waals surface area (Å²) in [4.78, 5) is 23.7. The summed E-state index contributed by atoms with van der Waals surface area (Å²) in [5.41, 5.74) is 1.14. The number of hydrogen-bond donors (Lipinski definition) is 1. The first-order chi connectivity index (χ1) is 10.2. The minimum atomic E-state index is -0.368. The number of benzene rings is 1. The smallest absolute Gasteiger partial charge is 0.338 e. The van der Waals surface area contributed by atoms with E-state index >= 15 is 0 Å². The molecule has 21 heavy (non-hydrogen) atoms. The lowest BCUT2D eigenvalue weighted by Gasteiger charge is -2.21. The highest BCUT2D eigenvalue weighted by atomic mass is 16.5. The first-order valence-electron chi connectivity index (χ1n) is 7.40. The summed E-state index contributed by atoms with van der Waals surface area (Å²) in [6.07, 6.45) is 3.21. The monoisotopic (exact) mass is 291 g/mol. The van der Waals surface area contributed by atoms with Crippen LogP contribution in [-0.2, 0) is 14.3 Å². The standard InChI is InChI=1S/C16H21NO4/c1-2-10-21-16(19)12-6-8-13(9-7-12)17-15(18)14-5-3-4-11-20-14/h6-9,14H,2-5,10-11H2,1H3,(H,17,18). The van der Waals surface area contributed by atoms with Crippen molar-refractivity contribution in [3.8, 4) is 0 Å². The molecule has 0 aliphatic carbocycles. The lowest BCUT2D eigenvalue weighted by atomic mass is 10.1. The lowest BCUT2D eigenvalue weighted by molar-refractivity contribution is -0.129. The van der Waals surface area contributed by atoms with Gasteiger partial charge in [-0.1, -0.05) is 6.92 Å². The van der Waals surface area contributed by atoms with Gasteiger partial charge in [-0.15, -0.1) is 0 Å². The van der Waals surface area contributed by atoms with Gasteiger partial charge in [0.1, 0.15) is 6.10 Å². The number of anilines is 1. The van der Waals surface area contributed by atoms with Crippen LogP contribution in [0.25, 0.3) is 0 Å². The number of nitrogens with one attached hydrogen (secondary N) is 1. The lowest BCUT2D eigenvalue weighted by Crippen LogP contribution is -2.33. The molecule has 2 rings (SSSR count).